The number of benzene rings is 6. The van der Waals surface area contributed by atoms with Crippen molar-refractivity contribution in [2.45, 2.75) is 50.4 Å². The Hall–Kier alpha value is -4.88. The van der Waals surface area contributed by atoms with Crippen LogP contribution in [0.2, 0.25) is 0 Å². The number of nitrogens with zero attached hydrogens (tertiary/aromatic N) is 1. The molecule has 0 amide bonds. The molecule has 0 unspecified atom stereocenters. The number of hydrogen-bond donors (Lipinski definition) is 0. The van der Waals surface area contributed by atoms with E-state index in [4.69, 9.17) is 0 Å². The van der Waals surface area contributed by atoms with Crippen LogP contribution < -0.4 is 4.90 Å². The molecule has 0 saturated carbocycles. The van der Waals surface area contributed by atoms with E-state index in [1.165, 1.54) is 83.8 Å². The molecule has 5 aliphatic rings. The molecule has 0 spiro atoms. The molecule has 0 radical (unpaired) electrons. The minimum Gasteiger partial charge on any atom is -0.309 e. The molecule has 1 nitrogen and oxygen atoms in total. The summed E-state index contributed by atoms with van der Waals surface area (Å²) in [5, 5.41) is 0. The van der Waals surface area contributed by atoms with Crippen molar-refractivity contribution in [2.75, 3.05) is 4.90 Å². The fourth-order valence-corrected chi connectivity index (χ4v) is 9.41. The Morgan fingerprint density at radius 3 is 1.53 bits per heavy atom. The second-order valence-electron chi connectivity index (χ2n) is 14.5. The first-order valence-corrected chi connectivity index (χ1v) is 16.4. The zero-order valence-corrected chi connectivity index (χ0v) is 26.2. The van der Waals surface area contributed by atoms with E-state index in [9.17, 15) is 0 Å². The predicted octanol–water partition coefficient (Wildman–Crippen LogP) is 11.1. The molecule has 216 valence electrons. The first kappa shape index (κ1) is 25.4. The van der Waals surface area contributed by atoms with Gasteiger partial charge in [-0.15, -0.1) is 0 Å². The lowest BCUT2D eigenvalue weighted by Gasteiger charge is -2.49. The molecule has 2 bridgehead atoms. The van der Waals surface area contributed by atoms with Gasteiger partial charge >= 0.3 is 0 Å². The van der Waals surface area contributed by atoms with Crippen LogP contribution in [0.25, 0.3) is 11.1 Å². The van der Waals surface area contributed by atoms with Crippen molar-refractivity contribution >= 4 is 17.1 Å². The maximum absolute atomic E-state index is 2.55. The Morgan fingerprint density at radius 2 is 0.867 bits per heavy atom. The lowest BCUT2D eigenvalue weighted by molar-refractivity contribution is 0.597. The number of rotatable bonds is 1. The van der Waals surface area contributed by atoms with Crippen LogP contribution in [-0.4, -0.2) is 0 Å². The van der Waals surface area contributed by atoms with Gasteiger partial charge in [0.25, 0.3) is 0 Å². The normalized spacial score (nSPS) is 19.9. The second kappa shape index (κ2) is 8.43. The van der Waals surface area contributed by atoms with Gasteiger partial charge < -0.3 is 4.90 Å². The van der Waals surface area contributed by atoms with Crippen LogP contribution in [0, 0.1) is 0 Å². The molecule has 2 aliphatic heterocycles. The van der Waals surface area contributed by atoms with E-state index in [0.717, 1.165) is 0 Å². The third kappa shape index (κ3) is 3.09. The van der Waals surface area contributed by atoms with Crippen LogP contribution in [0.1, 0.15) is 95.2 Å². The Morgan fingerprint density at radius 1 is 0.400 bits per heavy atom. The monoisotopic (exact) mass is 577 g/mol. The van der Waals surface area contributed by atoms with Gasteiger partial charge in [-0.2, -0.15) is 0 Å². The largest absolute Gasteiger partial charge is 0.309 e. The standard InChI is InChI=1S/C44H35N/c1-43(2)34-16-9-10-19-38(34)45-39-23-21-27(25-37(39)44(3,4)36-18-11-17-35(43)42(36)45)26-20-22-32-33(24-26)41-30-14-7-5-12-28(30)40(32)29-13-6-8-15-31(29)41/h5-25,40-41H,1-4H3. The molecule has 11 rings (SSSR count). The minimum atomic E-state index is -0.138. The number of hydrogen-bond acceptors (Lipinski definition) is 1. The molecule has 3 aliphatic carbocycles. The van der Waals surface area contributed by atoms with E-state index >= 15 is 0 Å². The van der Waals surface area contributed by atoms with Crippen LogP contribution in [0.4, 0.5) is 17.1 Å². The van der Waals surface area contributed by atoms with E-state index in [1.54, 1.807) is 0 Å². The average Bonchev–Trinajstić information content (AvgIpc) is 3.07. The molecule has 6 aromatic carbocycles. The van der Waals surface area contributed by atoms with E-state index in [2.05, 4.69) is 160 Å². The van der Waals surface area contributed by atoms with E-state index in [-0.39, 0.29) is 16.7 Å². The molecule has 0 saturated heterocycles. The smallest absolute Gasteiger partial charge is 0.0543 e. The summed E-state index contributed by atoms with van der Waals surface area (Å²) in [4.78, 5) is 2.55. The highest BCUT2D eigenvalue weighted by molar-refractivity contribution is 5.93. The van der Waals surface area contributed by atoms with Gasteiger partial charge in [-0.1, -0.05) is 131 Å². The van der Waals surface area contributed by atoms with Crippen molar-refractivity contribution in [1.82, 2.24) is 0 Å². The van der Waals surface area contributed by atoms with E-state index in [1.807, 2.05) is 0 Å². The maximum Gasteiger partial charge on any atom is 0.0543 e. The lowest BCUT2D eigenvalue weighted by Crippen LogP contribution is -2.38. The van der Waals surface area contributed by atoms with Gasteiger partial charge in [0.2, 0.25) is 0 Å². The molecule has 6 aromatic rings. The second-order valence-corrected chi connectivity index (χ2v) is 14.5. The van der Waals surface area contributed by atoms with Crippen molar-refractivity contribution in [3.63, 3.8) is 0 Å². The van der Waals surface area contributed by atoms with Crippen molar-refractivity contribution < 1.29 is 0 Å². The summed E-state index contributed by atoms with van der Waals surface area (Å²) >= 11 is 0. The summed E-state index contributed by atoms with van der Waals surface area (Å²) in [7, 11) is 0. The van der Waals surface area contributed by atoms with Crippen LogP contribution in [0.5, 0.6) is 0 Å². The first-order valence-electron chi connectivity index (χ1n) is 16.4. The van der Waals surface area contributed by atoms with Crippen molar-refractivity contribution in [1.29, 1.82) is 0 Å². The first-order chi connectivity index (χ1) is 21.9. The SMILES string of the molecule is CC1(C)c2ccccc2N2c3ccc(-c4ccc5c(c4)C4c6ccccc6C5c5ccccc54)cc3C(C)(C)c3cccc1c32. The van der Waals surface area contributed by atoms with Crippen LogP contribution in [0.15, 0.2) is 127 Å². The zero-order valence-electron chi connectivity index (χ0n) is 26.2. The molecule has 0 fully saturated rings. The van der Waals surface area contributed by atoms with E-state index in [0.29, 0.717) is 5.92 Å². The molecular weight excluding hydrogens is 542 g/mol. The van der Waals surface area contributed by atoms with Gasteiger partial charge in [-0.05, 0) is 91.0 Å². The predicted molar refractivity (Wildman–Crippen MR) is 186 cm³/mol. The summed E-state index contributed by atoms with van der Waals surface area (Å²) in [5.74, 6) is 0.591. The fourth-order valence-electron chi connectivity index (χ4n) is 9.41. The highest BCUT2D eigenvalue weighted by Gasteiger charge is 2.45. The van der Waals surface area contributed by atoms with E-state index < -0.39 is 0 Å². The van der Waals surface area contributed by atoms with Crippen LogP contribution in [0.3, 0.4) is 0 Å². The topological polar surface area (TPSA) is 3.24 Å². The molecule has 2 heterocycles. The van der Waals surface area contributed by atoms with Crippen LogP contribution >= 0.6 is 0 Å². The van der Waals surface area contributed by atoms with Gasteiger partial charge in [0, 0.05) is 22.7 Å². The van der Waals surface area contributed by atoms with Gasteiger partial charge in [0.15, 0.2) is 0 Å². The van der Waals surface area contributed by atoms with Crippen LogP contribution in [-0.2, 0) is 10.8 Å². The van der Waals surface area contributed by atoms with Gasteiger partial charge in [0.1, 0.15) is 0 Å². The number of para-hydroxylation sites is 2. The quantitative estimate of drug-likeness (QED) is 0.188. The molecular formula is C44H35N. The Labute approximate surface area is 265 Å². The Balaban J connectivity index is 1.16. The molecule has 0 atom stereocenters. The molecule has 0 N–H and O–H groups in total. The van der Waals surface area contributed by atoms with Gasteiger partial charge in [0.05, 0.1) is 17.1 Å². The highest BCUT2D eigenvalue weighted by Crippen LogP contribution is 2.61. The van der Waals surface area contributed by atoms with Crippen molar-refractivity contribution in [3.05, 3.63) is 183 Å². The number of anilines is 3. The lowest BCUT2D eigenvalue weighted by atomic mass is 9.61. The third-order valence-electron chi connectivity index (χ3n) is 11.6. The summed E-state index contributed by atoms with van der Waals surface area (Å²) in [5.41, 5.74) is 20.8. The number of fused-ring (bicyclic) bond motifs is 4. The summed E-state index contributed by atoms with van der Waals surface area (Å²) in [6.07, 6.45) is 0. The molecule has 1 heteroatoms. The summed E-state index contributed by atoms with van der Waals surface area (Å²) in [6.45, 7) is 9.58. The average molecular weight is 578 g/mol. The van der Waals surface area contributed by atoms with Crippen molar-refractivity contribution in [2.24, 2.45) is 0 Å². The maximum atomic E-state index is 2.55. The van der Waals surface area contributed by atoms with Gasteiger partial charge in [-0.3, -0.25) is 0 Å². The molecule has 0 aromatic heterocycles. The Kier molecular flexibility index (Phi) is 4.77. The molecule has 45 heavy (non-hydrogen) atoms. The Bertz CT molecular complexity index is 2200. The summed E-state index contributed by atoms with van der Waals surface area (Å²) < 4.78 is 0. The zero-order chi connectivity index (χ0) is 30.2. The third-order valence-corrected chi connectivity index (χ3v) is 11.6. The minimum absolute atomic E-state index is 0.0638. The highest BCUT2D eigenvalue weighted by atomic mass is 15.2. The fraction of sp³-hybridized carbons (Fsp3) is 0.182. The summed E-state index contributed by atoms with van der Waals surface area (Å²) in [6, 6.07) is 48.7. The van der Waals surface area contributed by atoms with Gasteiger partial charge in [-0.25, -0.2) is 0 Å². The van der Waals surface area contributed by atoms with Crippen molar-refractivity contribution in [3.8, 4) is 11.1 Å².